The molecule has 0 bridgehead atoms. The maximum atomic E-state index is 12.3. The molecule has 14 heavy (non-hydrogen) atoms. The van der Waals surface area contributed by atoms with Crippen molar-refractivity contribution in [1.29, 1.82) is 0 Å². The Morgan fingerprint density at radius 3 is 2.57 bits per heavy atom. The average Bonchev–Trinajstić information content (AvgIpc) is 2.50. The van der Waals surface area contributed by atoms with E-state index >= 15 is 0 Å². The van der Waals surface area contributed by atoms with Gasteiger partial charge in [0.2, 0.25) is 0 Å². The van der Waals surface area contributed by atoms with Gasteiger partial charge in [-0.3, -0.25) is 4.79 Å². The fourth-order valence-electron chi connectivity index (χ4n) is 1.07. The van der Waals surface area contributed by atoms with E-state index in [2.05, 4.69) is 15.0 Å². The van der Waals surface area contributed by atoms with Crippen LogP contribution in [0.1, 0.15) is 0 Å². The molecule has 72 valence electrons. The Bertz CT molecular complexity index is 428. The Hall–Kier alpha value is -1.79. The van der Waals surface area contributed by atoms with E-state index in [1.54, 1.807) is 0 Å². The minimum atomic E-state index is -4.57. The number of allylic oxidation sites excluding steroid dienone is 1. The Balaban J connectivity index is 2.58. The van der Waals surface area contributed by atoms with Crippen molar-refractivity contribution in [1.82, 2.24) is 0 Å². The van der Waals surface area contributed by atoms with Crippen LogP contribution < -0.4 is 0 Å². The van der Waals surface area contributed by atoms with Gasteiger partial charge in [0, 0.05) is 6.21 Å². The second-order valence-electron chi connectivity index (χ2n) is 2.55. The number of hydrogen-bond donors (Lipinski definition) is 0. The third kappa shape index (κ3) is 1.17. The Morgan fingerprint density at radius 2 is 1.93 bits per heavy atom. The molecule has 2 aliphatic heterocycles. The zero-order chi connectivity index (χ0) is 10.3. The first-order valence-corrected chi connectivity index (χ1v) is 3.51. The van der Waals surface area contributed by atoms with Crippen LogP contribution in [0.3, 0.4) is 0 Å². The highest BCUT2D eigenvalue weighted by Crippen LogP contribution is 2.30. The predicted molar refractivity (Wildman–Crippen MR) is 42.5 cm³/mol. The van der Waals surface area contributed by atoms with Crippen molar-refractivity contribution in [2.75, 3.05) is 0 Å². The second kappa shape index (κ2) is 2.60. The van der Waals surface area contributed by atoms with Crippen LogP contribution in [0.25, 0.3) is 0 Å². The summed E-state index contributed by atoms with van der Waals surface area (Å²) in [6.07, 6.45) is -3.19. The number of aliphatic imine (C=N–C) groups is 3. The van der Waals surface area contributed by atoms with Gasteiger partial charge in [-0.1, -0.05) is 0 Å². The summed E-state index contributed by atoms with van der Waals surface area (Å²) in [6.45, 7) is 0. The van der Waals surface area contributed by atoms with E-state index < -0.39 is 23.4 Å². The molecule has 2 aliphatic rings. The second-order valence-corrected chi connectivity index (χ2v) is 2.55. The summed E-state index contributed by atoms with van der Waals surface area (Å²) in [5, 5.41) is 0. The number of carbonyl (C=O) groups excluding carboxylic acids is 1. The van der Waals surface area contributed by atoms with E-state index in [1.807, 2.05) is 0 Å². The number of rotatable bonds is 0. The molecule has 0 aromatic carbocycles. The van der Waals surface area contributed by atoms with Gasteiger partial charge in [0.25, 0.3) is 5.91 Å². The van der Waals surface area contributed by atoms with E-state index in [0.717, 1.165) is 6.34 Å². The number of carbonyl (C=O) groups is 1. The van der Waals surface area contributed by atoms with Crippen LogP contribution in [-0.4, -0.2) is 30.3 Å². The Labute approximate surface area is 75.6 Å². The number of hydrogen-bond acceptors (Lipinski definition) is 3. The van der Waals surface area contributed by atoms with Gasteiger partial charge in [0.15, 0.2) is 5.71 Å². The average molecular weight is 201 g/mol. The number of alkyl halides is 3. The zero-order valence-electron chi connectivity index (χ0n) is 6.54. The van der Waals surface area contributed by atoms with Crippen LogP contribution in [-0.2, 0) is 4.79 Å². The monoisotopic (exact) mass is 201 g/mol. The molecule has 1 amide bonds. The number of nitrogens with zero attached hydrogens (tertiary/aromatic N) is 3. The molecule has 0 saturated carbocycles. The first-order valence-electron chi connectivity index (χ1n) is 3.51. The van der Waals surface area contributed by atoms with Crippen molar-refractivity contribution in [3.8, 4) is 0 Å². The Kier molecular flexibility index (Phi) is 1.63. The van der Waals surface area contributed by atoms with Crippen molar-refractivity contribution in [2.45, 2.75) is 6.18 Å². The molecule has 0 radical (unpaired) electrons. The molecule has 7 heteroatoms. The highest BCUT2D eigenvalue weighted by Gasteiger charge is 2.40. The molecular weight excluding hydrogens is 199 g/mol. The molecule has 0 unspecified atom stereocenters. The fourth-order valence-corrected chi connectivity index (χ4v) is 1.07. The van der Waals surface area contributed by atoms with Crippen molar-refractivity contribution in [3.05, 3.63) is 11.3 Å². The van der Waals surface area contributed by atoms with Gasteiger partial charge in [-0.25, -0.2) is 15.0 Å². The number of dihydropyridines is 1. The van der Waals surface area contributed by atoms with Crippen LogP contribution in [0.15, 0.2) is 26.2 Å². The molecular formula is C7H2F3N3O. The number of amides is 1. The summed E-state index contributed by atoms with van der Waals surface area (Å²) >= 11 is 0. The Morgan fingerprint density at radius 1 is 1.21 bits per heavy atom. The minimum Gasteiger partial charge on any atom is -0.265 e. The van der Waals surface area contributed by atoms with Crippen LogP contribution in [0.2, 0.25) is 0 Å². The molecule has 0 fully saturated rings. The minimum absolute atomic E-state index is 0.347. The first kappa shape index (κ1) is 8.79. The molecule has 2 rings (SSSR count). The third-order valence-electron chi connectivity index (χ3n) is 1.67. The molecule has 0 atom stereocenters. The van der Waals surface area contributed by atoms with E-state index in [1.165, 1.54) is 0 Å². The SMILES string of the molecule is O=C1N=CC(C(F)(F)F)=C2N=CN=C12. The summed E-state index contributed by atoms with van der Waals surface area (Å²) in [6, 6.07) is 0. The topological polar surface area (TPSA) is 54.1 Å². The van der Waals surface area contributed by atoms with Crippen molar-refractivity contribution >= 4 is 24.2 Å². The van der Waals surface area contributed by atoms with E-state index in [4.69, 9.17) is 0 Å². The summed E-state index contributed by atoms with van der Waals surface area (Å²) in [7, 11) is 0. The summed E-state index contributed by atoms with van der Waals surface area (Å²) in [4.78, 5) is 20.8. The van der Waals surface area contributed by atoms with Crippen LogP contribution in [0.5, 0.6) is 0 Å². The highest BCUT2D eigenvalue weighted by molar-refractivity contribution is 6.50. The lowest BCUT2D eigenvalue weighted by Gasteiger charge is -2.12. The lowest BCUT2D eigenvalue weighted by atomic mass is 10.1. The maximum absolute atomic E-state index is 12.3. The summed E-state index contributed by atoms with van der Waals surface area (Å²) in [5.41, 5.74) is -1.83. The number of fused-ring (bicyclic) bond motifs is 1. The van der Waals surface area contributed by atoms with Crippen molar-refractivity contribution in [3.63, 3.8) is 0 Å². The van der Waals surface area contributed by atoms with E-state index in [-0.39, 0.29) is 5.71 Å². The van der Waals surface area contributed by atoms with Gasteiger partial charge in [-0.2, -0.15) is 13.2 Å². The lowest BCUT2D eigenvalue weighted by molar-refractivity contribution is -0.111. The van der Waals surface area contributed by atoms with Gasteiger partial charge in [0.05, 0.1) is 0 Å². The molecule has 4 nitrogen and oxygen atoms in total. The van der Waals surface area contributed by atoms with Crippen LogP contribution in [0, 0.1) is 0 Å². The normalized spacial score (nSPS) is 20.2. The van der Waals surface area contributed by atoms with Crippen molar-refractivity contribution in [2.24, 2.45) is 15.0 Å². The van der Waals surface area contributed by atoms with Gasteiger partial charge in [-0.15, -0.1) is 0 Å². The molecule has 0 saturated heterocycles. The summed E-state index contributed by atoms with van der Waals surface area (Å²) in [5.74, 6) is -0.800. The third-order valence-corrected chi connectivity index (χ3v) is 1.67. The smallest absolute Gasteiger partial charge is 0.265 e. The zero-order valence-corrected chi connectivity index (χ0v) is 6.54. The maximum Gasteiger partial charge on any atom is 0.420 e. The van der Waals surface area contributed by atoms with Crippen molar-refractivity contribution < 1.29 is 18.0 Å². The van der Waals surface area contributed by atoms with Crippen LogP contribution >= 0.6 is 0 Å². The molecule has 2 heterocycles. The summed E-state index contributed by atoms with van der Waals surface area (Å²) < 4.78 is 37.0. The number of halogens is 3. The van der Waals surface area contributed by atoms with Gasteiger partial charge in [-0.05, 0) is 0 Å². The van der Waals surface area contributed by atoms with Crippen LogP contribution in [0.4, 0.5) is 13.2 Å². The lowest BCUT2D eigenvalue weighted by Crippen LogP contribution is -2.25. The highest BCUT2D eigenvalue weighted by atomic mass is 19.4. The molecule has 0 aromatic rings. The van der Waals surface area contributed by atoms with Gasteiger partial charge in [0.1, 0.15) is 17.6 Å². The molecule has 0 aliphatic carbocycles. The standard InChI is InChI=1S/C7H2F3N3O/c8-7(9,10)3-1-11-6(14)5-4(3)12-2-13-5/h1-2H. The van der Waals surface area contributed by atoms with E-state index in [9.17, 15) is 18.0 Å². The van der Waals surface area contributed by atoms with Gasteiger partial charge >= 0.3 is 6.18 Å². The first-order chi connectivity index (χ1) is 6.50. The fraction of sp³-hybridized carbons (Fsp3) is 0.143. The predicted octanol–water partition coefficient (Wildman–Crippen LogP) is 0.897. The largest absolute Gasteiger partial charge is 0.420 e. The van der Waals surface area contributed by atoms with E-state index in [0.29, 0.717) is 6.21 Å². The molecule has 0 aromatic heterocycles. The quantitative estimate of drug-likeness (QED) is 0.574. The molecule has 0 spiro atoms. The molecule has 0 N–H and O–H groups in total. The van der Waals surface area contributed by atoms with Gasteiger partial charge < -0.3 is 0 Å².